The highest BCUT2D eigenvalue weighted by Gasteiger charge is 2.02. The second-order valence-electron chi connectivity index (χ2n) is 1.73. The van der Waals surface area contributed by atoms with Gasteiger partial charge < -0.3 is 9.47 Å². The van der Waals surface area contributed by atoms with Crippen LogP contribution in [0.5, 0.6) is 0 Å². The lowest BCUT2D eigenvalue weighted by Crippen LogP contribution is -2.12. The number of ether oxygens (including phenoxy) is 2. The molecule has 0 aliphatic carbocycles. The van der Waals surface area contributed by atoms with Crippen molar-refractivity contribution in [2.75, 3.05) is 6.61 Å². The minimum atomic E-state index is -0.305. The Labute approximate surface area is 60.1 Å². The molecule has 0 spiro atoms. The van der Waals surface area contributed by atoms with Gasteiger partial charge in [0.1, 0.15) is 6.61 Å². The number of hydrogen-bond acceptors (Lipinski definition) is 2. The molecular weight excluding hydrogens is 128 g/mol. The largest absolute Gasteiger partial charge is 0.469 e. The molecule has 10 heavy (non-hydrogen) atoms. The summed E-state index contributed by atoms with van der Waals surface area (Å²) in [6, 6.07) is 0. The summed E-state index contributed by atoms with van der Waals surface area (Å²) in [6.07, 6.45) is 11.7. The Hall–Kier alpha value is -1.20. The molecule has 2 heteroatoms. The number of rotatable bonds is 2. The summed E-state index contributed by atoms with van der Waals surface area (Å²) >= 11 is 0. The van der Waals surface area contributed by atoms with E-state index in [-0.39, 0.29) is 12.9 Å². The summed E-state index contributed by atoms with van der Waals surface area (Å²) in [7, 11) is 0. The summed E-state index contributed by atoms with van der Waals surface area (Å²) in [4.78, 5) is 0. The van der Waals surface area contributed by atoms with Gasteiger partial charge in [-0.1, -0.05) is 12.0 Å². The Kier molecular flexibility index (Phi) is 2.60. The van der Waals surface area contributed by atoms with Gasteiger partial charge in [-0.3, -0.25) is 0 Å². The maximum Gasteiger partial charge on any atom is 0.219 e. The number of hydrogen-bond donors (Lipinski definition) is 0. The average molecular weight is 136 g/mol. The van der Waals surface area contributed by atoms with E-state index in [0.29, 0.717) is 0 Å². The van der Waals surface area contributed by atoms with Crippen molar-refractivity contribution >= 4 is 0 Å². The molecule has 0 aromatic rings. The van der Waals surface area contributed by atoms with Crippen molar-refractivity contribution in [2.24, 2.45) is 0 Å². The first kappa shape index (κ1) is 6.91. The maximum absolute atomic E-state index is 5.04. The van der Waals surface area contributed by atoms with Gasteiger partial charge in [0.25, 0.3) is 0 Å². The van der Waals surface area contributed by atoms with Crippen molar-refractivity contribution in [2.45, 2.75) is 6.29 Å². The molecule has 0 saturated carbocycles. The standard InChI is InChI=1S/C8H8O2/c1-2-6-9-8-5-3-4-7-10-8/h1,3-5,7-8H,6H2. The van der Waals surface area contributed by atoms with Gasteiger partial charge in [-0.15, -0.1) is 6.42 Å². The van der Waals surface area contributed by atoms with Crippen LogP contribution in [-0.2, 0) is 9.47 Å². The van der Waals surface area contributed by atoms with Gasteiger partial charge in [0.05, 0.1) is 6.26 Å². The van der Waals surface area contributed by atoms with Crippen LogP contribution in [0, 0.1) is 12.3 Å². The fraction of sp³-hybridized carbons (Fsp3) is 0.250. The van der Waals surface area contributed by atoms with Crippen molar-refractivity contribution in [3.05, 3.63) is 24.5 Å². The first-order chi connectivity index (χ1) is 4.93. The lowest BCUT2D eigenvalue weighted by Gasteiger charge is -2.13. The van der Waals surface area contributed by atoms with Crippen LogP contribution < -0.4 is 0 Å². The quantitative estimate of drug-likeness (QED) is 0.528. The van der Waals surface area contributed by atoms with E-state index in [0.717, 1.165) is 0 Å². The molecule has 0 amide bonds. The van der Waals surface area contributed by atoms with Crippen LogP contribution in [0.25, 0.3) is 0 Å². The van der Waals surface area contributed by atoms with Gasteiger partial charge in [-0.25, -0.2) is 0 Å². The molecule has 1 atom stereocenters. The van der Waals surface area contributed by atoms with Crippen LogP contribution >= 0.6 is 0 Å². The van der Waals surface area contributed by atoms with Crippen LogP contribution in [0.15, 0.2) is 24.5 Å². The van der Waals surface area contributed by atoms with E-state index in [9.17, 15) is 0 Å². The van der Waals surface area contributed by atoms with Crippen LogP contribution in [-0.4, -0.2) is 12.9 Å². The molecule has 1 aliphatic heterocycles. The highest BCUT2D eigenvalue weighted by molar-refractivity contribution is 5.05. The van der Waals surface area contributed by atoms with Crippen LogP contribution in [0.4, 0.5) is 0 Å². The van der Waals surface area contributed by atoms with Gasteiger partial charge in [-0.05, 0) is 12.2 Å². The summed E-state index contributed by atoms with van der Waals surface area (Å²) in [5.41, 5.74) is 0. The first-order valence-electron chi connectivity index (χ1n) is 2.97. The average Bonchev–Trinajstić information content (AvgIpc) is 2.03. The molecule has 52 valence electrons. The molecular formula is C8H8O2. The highest BCUT2D eigenvalue weighted by atomic mass is 16.7. The Morgan fingerprint density at radius 1 is 1.60 bits per heavy atom. The summed E-state index contributed by atoms with van der Waals surface area (Å²) < 4.78 is 10.0. The highest BCUT2D eigenvalue weighted by Crippen LogP contribution is 2.02. The lowest BCUT2D eigenvalue weighted by molar-refractivity contribution is -0.0611. The Balaban J connectivity index is 2.25. The molecule has 0 saturated heterocycles. The van der Waals surface area contributed by atoms with Crippen molar-refractivity contribution in [1.82, 2.24) is 0 Å². The second kappa shape index (κ2) is 3.76. The van der Waals surface area contributed by atoms with E-state index >= 15 is 0 Å². The monoisotopic (exact) mass is 136 g/mol. The predicted octanol–water partition coefficient (Wildman–Crippen LogP) is 1.06. The third-order valence-corrected chi connectivity index (χ3v) is 1.00. The number of terminal acetylenes is 1. The Morgan fingerprint density at radius 3 is 3.10 bits per heavy atom. The normalized spacial score (nSPS) is 21.7. The van der Waals surface area contributed by atoms with Gasteiger partial charge in [0.15, 0.2) is 0 Å². The lowest BCUT2D eigenvalue weighted by atomic mass is 10.4. The van der Waals surface area contributed by atoms with Gasteiger partial charge >= 0.3 is 0 Å². The Morgan fingerprint density at radius 2 is 2.50 bits per heavy atom. The summed E-state index contributed by atoms with van der Waals surface area (Å²) in [6.45, 7) is 0.281. The molecule has 0 N–H and O–H groups in total. The molecule has 1 unspecified atom stereocenters. The van der Waals surface area contributed by atoms with Crippen LogP contribution in [0.2, 0.25) is 0 Å². The molecule has 0 radical (unpaired) electrons. The molecule has 0 fully saturated rings. The van der Waals surface area contributed by atoms with E-state index < -0.39 is 0 Å². The molecule has 2 nitrogen and oxygen atoms in total. The predicted molar refractivity (Wildman–Crippen MR) is 37.9 cm³/mol. The van der Waals surface area contributed by atoms with Crippen LogP contribution in [0.3, 0.4) is 0 Å². The fourth-order valence-corrected chi connectivity index (χ4v) is 0.593. The summed E-state index contributed by atoms with van der Waals surface area (Å²) in [5, 5.41) is 0. The van der Waals surface area contributed by atoms with Crippen molar-refractivity contribution in [3.8, 4) is 12.3 Å². The van der Waals surface area contributed by atoms with E-state index in [1.807, 2.05) is 6.08 Å². The van der Waals surface area contributed by atoms with Crippen molar-refractivity contribution in [3.63, 3.8) is 0 Å². The van der Waals surface area contributed by atoms with E-state index in [1.54, 1.807) is 18.4 Å². The molecule has 0 aromatic carbocycles. The van der Waals surface area contributed by atoms with Crippen LogP contribution in [0.1, 0.15) is 0 Å². The van der Waals surface area contributed by atoms with Crippen molar-refractivity contribution < 1.29 is 9.47 Å². The third-order valence-electron chi connectivity index (χ3n) is 1.00. The maximum atomic E-state index is 5.04. The number of allylic oxidation sites excluding steroid dienone is 2. The van der Waals surface area contributed by atoms with E-state index in [4.69, 9.17) is 15.9 Å². The SMILES string of the molecule is C#CCOC1C=CC=CO1. The first-order valence-corrected chi connectivity index (χ1v) is 2.97. The smallest absolute Gasteiger partial charge is 0.219 e. The minimum absolute atomic E-state index is 0.281. The van der Waals surface area contributed by atoms with E-state index in [1.165, 1.54) is 0 Å². The molecule has 1 aliphatic rings. The Bertz CT molecular complexity index is 186. The topological polar surface area (TPSA) is 18.5 Å². The van der Waals surface area contributed by atoms with Crippen molar-refractivity contribution in [1.29, 1.82) is 0 Å². The zero-order valence-corrected chi connectivity index (χ0v) is 5.49. The molecule has 0 aromatic heterocycles. The van der Waals surface area contributed by atoms with Gasteiger partial charge in [0, 0.05) is 0 Å². The van der Waals surface area contributed by atoms with Gasteiger partial charge in [0.2, 0.25) is 6.29 Å². The minimum Gasteiger partial charge on any atom is -0.469 e. The zero-order chi connectivity index (χ0) is 7.23. The summed E-state index contributed by atoms with van der Waals surface area (Å²) in [5.74, 6) is 2.35. The molecule has 1 rings (SSSR count). The molecule has 0 bridgehead atoms. The zero-order valence-electron chi connectivity index (χ0n) is 5.49. The van der Waals surface area contributed by atoms with Gasteiger partial charge in [-0.2, -0.15) is 0 Å². The second-order valence-corrected chi connectivity index (χ2v) is 1.73. The fourth-order valence-electron chi connectivity index (χ4n) is 0.593. The third kappa shape index (κ3) is 1.96. The van der Waals surface area contributed by atoms with E-state index in [2.05, 4.69) is 5.92 Å². The molecule has 1 heterocycles.